The number of carboxylic acid groups (broad SMARTS) is 1. The smallest absolute Gasteiger partial charge is 0.311 e. The molecule has 18 heavy (non-hydrogen) atoms. The van der Waals surface area contributed by atoms with Gasteiger partial charge in [-0.2, -0.15) is 0 Å². The number of likely N-dealkylation sites (tertiary alicyclic amines) is 1. The third-order valence-corrected chi connectivity index (χ3v) is 3.39. The van der Waals surface area contributed by atoms with E-state index in [0.717, 1.165) is 13.0 Å². The lowest BCUT2D eigenvalue weighted by Gasteiger charge is -2.36. The fourth-order valence-corrected chi connectivity index (χ4v) is 2.54. The van der Waals surface area contributed by atoms with Crippen LogP contribution in [0.3, 0.4) is 0 Å². The molecule has 100 valence electrons. The number of hydrogen-bond donors (Lipinski definition) is 1. The highest BCUT2D eigenvalue weighted by atomic mass is 16.4. The molecule has 5 nitrogen and oxygen atoms in total. The molecule has 0 bridgehead atoms. The maximum absolute atomic E-state index is 10.6. The lowest BCUT2D eigenvalue weighted by atomic mass is 10.0. The Morgan fingerprint density at radius 2 is 2.39 bits per heavy atom. The predicted molar refractivity (Wildman–Crippen MR) is 66.3 cm³/mol. The summed E-state index contributed by atoms with van der Waals surface area (Å²) in [5, 5.41) is 8.73. The quantitative estimate of drug-likeness (QED) is 0.890. The van der Waals surface area contributed by atoms with Gasteiger partial charge in [0.2, 0.25) is 5.89 Å². The van der Waals surface area contributed by atoms with Crippen LogP contribution in [0.25, 0.3) is 0 Å². The van der Waals surface area contributed by atoms with Crippen LogP contribution in [0, 0.1) is 0 Å². The first kappa shape index (κ1) is 13.1. The second kappa shape index (κ2) is 5.52. The number of hydrogen-bond acceptors (Lipinski definition) is 4. The van der Waals surface area contributed by atoms with Gasteiger partial charge >= 0.3 is 5.97 Å². The normalized spacial score (nSPS) is 21.4. The van der Waals surface area contributed by atoms with Gasteiger partial charge in [0.05, 0.1) is 12.2 Å². The Kier molecular flexibility index (Phi) is 4.01. The minimum absolute atomic E-state index is 0.0958. The molecule has 1 aromatic rings. The van der Waals surface area contributed by atoms with Gasteiger partial charge in [0.1, 0.15) is 12.2 Å². The van der Waals surface area contributed by atoms with Gasteiger partial charge in [0.15, 0.2) is 0 Å². The van der Waals surface area contributed by atoms with Gasteiger partial charge in [-0.25, -0.2) is 4.98 Å². The fraction of sp³-hybridized carbons (Fsp3) is 0.692. The van der Waals surface area contributed by atoms with E-state index in [1.807, 2.05) is 0 Å². The zero-order valence-corrected chi connectivity index (χ0v) is 10.9. The van der Waals surface area contributed by atoms with E-state index < -0.39 is 5.97 Å². The molecule has 1 aromatic heterocycles. The minimum Gasteiger partial charge on any atom is -0.481 e. The molecule has 2 rings (SSSR count). The van der Waals surface area contributed by atoms with Crippen LogP contribution in [-0.2, 0) is 11.2 Å². The maximum Gasteiger partial charge on any atom is 0.311 e. The van der Waals surface area contributed by atoms with Crippen molar-refractivity contribution < 1.29 is 14.3 Å². The average molecular weight is 252 g/mol. The molecule has 1 fully saturated rings. The number of piperidine rings is 1. The molecular weight excluding hydrogens is 232 g/mol. The zero-order valence-electron chi connectivity index (χ0n) is 10.9. The third kappa shape index (κ3) is 2.90. The Labute approximate surface area is 107 Å². The highest BCUT2D eigenvalue weighted by molar-refractivity contribution is 5.69. The molecule has 1 aliphatic heterocycles. The topological polar surface area (TPSA) is 66.6 Å². The van der Waals surface area contributed by atoms with Crippen molar-refractivity contribution in [2.24, 2.45) is 0 Å². The molecule has 0 radical (unpaired) electrons. The molecule has 1 saturated heterocycles. The fourth-order valence-electron chi connectivity index (χ4n) is 2.54. The van der Waals surface area contributed by atoms with Crippen LogP contribution in [0.4, 0.5) is 0 Å². The molecule has 1 N–H and O–H groups in total. The largest absolute Gasteiger partial charge is 0.481 e. The SMILES string of the molecule is CC(C)N1CCCCC1c1ncc(CC(=O)O)o1. The van der Waals surface area contributed by atoms with E-state index in [-0.39, 0.29) is 12.5 Å². The first-order valence-electron chi connectivity index (χ1n) is 6.50. The molecule has 2 heterocycles. The summed E-state index contributed by atoms with van der Waals surface area (Å²) in [5.74, 6) is 0.216. The Hall–Kier alpha value is -1.36. The first-order chi connectivity index (χ1) is 8.58. The van der Waals surface area contributed by atoms with E-state index in [9.17, 15) is 4.79 Å². The summed E-state index contributed by atoms with van der Waals surface area (Å²) < 4.78 is 5.58. The van der Waals surface area contributed by atoms with Crippen molar-refractivity contribution in [3.8, 4) is 0 Å². The molecule has 0 aliphatic carbocycles. The summed E-state index contributed by atoms with van der Waals surface area (Å²) in [6.45, 7) is 5.39. The van der Waals surface area contributed by atoms with Crippen molar-refractivity contribution in [2.45, 2.75) is 51.6 Å². The Bertz CT molecular complexity index is 414. The molecule has 0 saturated carbocycles. The van der Waals surface area contributed by atoms with Crippen LogP contribution in [0.1, 0.15) is 50.8 Å². The van der Waals surface area contributed by atoms with Gasteiger partial charge < -0.3 is 9.52 Å². The highest BCUT2D eigenvalue weighted by Gasteiger charge is 2.29. The molecule has 1 aliphatic rings. The summed E-state index contributed by atoms with van der Waals surface area (Å²) in [6.07, 6.45) is 4.85. The second-order valence-electron chi connectivity index (χ2n) is 5.08. The van der Waals surface area contributed by atoms with Crippen LogP contribution in [0.15, 0.2) is 10.6 Å². The number of carboxylic acids is 1. The van der Waals surface area contributed by atoms with Gasteiger partial charge in [-0.3, -0.25) is 9.69 Å². The molecule has 1 unspecified atom stereocenters. The summed E-state index contributed by atoms with van der Waals surface area (Å²) in [6, 6.07) is 0.645. The third-order valence-electron chi connectivity index (χ3n) is 3.39. The van der Waals surface area contributed by atoms with E-state index in [1.54, 1.807) is 0 Å². The van der Waals surface area contributed by atoms with Crippen molar-refractivity contribution >= 4 is 5.97 Å². The van der Waals surface area contributed by atoms with E-state index in [0.29, 0.717) is 17.7 Å². The summed E-state index contributed by atoms with van der Waals surface area (Å²) in [7, 11) is 0. The first-order valence-corrected chi connectivity index (χ1v) is 6.50. The summed E-state index contributed by atoms with van der Waals surface area (Å²) in [5.41, 5.74) is 0. The summed E-state index contributed by atoms with van der Waals surface area (Å²) in [4.78, 5) is 17.3. The zero-order chi connectivity index (χ0) is 13.1. The van der Waals surface area contributed by atoms with Gasteiger partial charge in [0, 0.05) is 6.04 Å². The number of rotatable bonds is 4. The molecule has 1 atom stereocenters. The Morgan fingerprint density at radius 3 is 3.06 bits per heavy atom. The number of aromatic nitrogens is 1. The van der Waals surface area contributed by atoms with Crippen LogP contribution < -0.4 is 0 Å². The lowest BCUT2D eigenvalue weighted by molar-refractivity contribution is -0.136. The molecular formula is C13H20N2O3. The molecule has 0 spiro atoms. The average Bonchev–Trinajstić information content (AvgIpc) is 2.76. The van der Waals surface area contributed by atoms with Gasteiger partial charge in [0.25, 0.3) is 0 Å². The second-order valence-corrected chi connectivity index (χ2v) is 5.08. The lowest BCUT2D eigenvalue weighted by Crippen LogP contribution is -2.38. The maximum atomic E-state index is 10.6. The highest BCUT2D eigenvalue weighted by Crippen LogP contribution is 2.32. The standard InChI is InChI=1S/C13H20N2O3/c1-9(2)15-6-4-3-5-11(15)13-14-8-10(18-13)7-12(16)17/h8-9,11H,3-7H2,1-2H3,(H,16,17). The van der Waals surface area contributed by atoms with Gasteiger partial charge in [-0.15, -0.1) is 0 Å². The molecule has 5 heteroatoms. The van der Waals surface area contributed by atoms with Gasteiger partial charge in [-0.1, -0.05) is 6.42 Å². The molecule has 0 aromatic carbocycles. The number of nitrogens with zero attached hydrogens (tertiary/aromatic N) is 2. The van der Waals surface area contributed by atoms with Crippen LogP contribution >= 0.6 is 0 Å². The van der Waals surface area contributed by atoms with Crippen LogP contribution in [0.5, 0.6) is 0 Å². The van der Waals surface area contributed by atoms with E-state index in [4.69, 9.17) is 9.52 Å². The van der Waals surface area contributed by atoms with E-state index >= 15 is 0 Å². The minimum atomic E-state index is -0.887. The molecule has 0 amide bonds. The Balaban J connectivity index is 2.13. The monoisotopic (exact) mass is 252 g/mol. The van der Waals surface area contributed by atoms with Gasteiger partial charge in [-0.05, 0) is 33.2 Å². The number of oxazole rings is 1. The predicted octanol–water partition coefficient (Wildman–Crippen LogP) is 2.24. The summed E-state index contributed by atoms with van der Waals surface area (Å²) >= 11 is 0. The van der Waals surface area contributed by atoms with Crippen molar-refractivity contribution in [3.63, 3.8) is 0 Å². The van der Waals surface area contributed by atoms with Crippen LogP contribution in [-0.4, -0.2) is 33.5 Å². The Morgan fingerprint density at radius 1 is 1.61 bits per heavy atom. The van der Waals surface area contributed by atoms with Crippen molar-refractivity contribution in [1.82, 2.24) is 9.88 Å². The van der Waals surface area contributed by atoms with Crippen LogP contribution in [0.2, 0.25) is 0 Å². The van der Waals surface area contributed by atoms with Crippen molar-refractivity contribution in [2.75, 3.05) is 6.54 Å². The number of carbonyl (C=O) groups is 1. The van der Waals surface area contributed by atoms with E-state index in [2.05, 4.69) is 23.7 Å². The van der Waals surface area contributed by atoms with Crippen molar-refractivity contribution in [3.05, 3.63) is 17.8 Å². The number of aliphatic carboxylic acids is 1. The van der Waals surface area contributed by atoms with E-state index in [1.165, 1.54) is 19.0 Å². The van der Waals surface area contributed by atoms with Crippen molar-refractivity contribution in [1.29, 1.82) is 0 Å².